The number of hydrogen-bond acceptors (Lipinski definition) is 3. The zero-order valence-electron chi connectivity index (χ0n) is 13.2. The monoisotopic (exact) mass is 296 g/mol. The molecule has 2 N–H and O–H groups in total. The molecule has 1 aliphatic rings. The van der Waals surface area contributed by atoms with Gasteiger partial charge in [-0.15, -0.1) is 6.58 Å². The van der Waals surface area contributed by atoms with Crippen LogP contribution in [0.2, 0.25) is 0 Å². The van der Waals surface area contributed by atoms with Crippen molar-refractivity contribution in [1.82, 2.24) is 10.2 Å². The molecule has 0 aromatic heterocycles. The largest absolute Gasteiger partial charge is 0.508 e. The molecule has 1 heterocycles. The number of aromatic hydroxyl groups is 1. The van der Waals surface area contributed by atoms with Crippen molar-refractivity contribution in [2.45, 2.75) is 19.4 Å². The molecule has 0 unspecified atom stereocenters. The highest BCUT2D eigenvalue weighted by atomic mass is 16.3. The smallest absolute Gasteiger partial charge is 0.116 e. The summed E-state index contributed by atoms with van der Waals surface area (Å²) < 4.78 is 0. The fourth-order valence-electron chi connectivity index (χ4n) is 3.24. The standard InChI is InChI=1S/C19H24N2O/c1-14(2)11-19(21-9-7-20-8-10-21)17-4-3-16-13-18(22)6-5-15(16)12-17/h3-6,12-13,19-20,22H,1,7-11H2,2H3/t19-/m0/s1. The van der Waals surface area contributed by atoms with E-state index < -0.39 is 0 Å². The Kier molecular flexibility index (Phi) is 4.46. The lowest BCUT2D eigenvalue weighted by atomic mass is 9.95. The lowest BCUT2D eigenvalue weighted by molar-refractivity contribution is 0.172. The number of phenols is 1. The van der Waals surface area contributed by atoms with Gasteiger partial charge in [0.05, 0.1) is 0 Å². The number of piperazine rings is 1. The van der Waals surface area contributed by atoms with Gasteiger partial charge in [0.1, 0.15) is 5.75 Å². The normalized spacial score (nSPS) is 17.5. The van der Waals surface area contributed by atoms with Crippen molar-refractivity contribution in [3.63, 3.8) is 0 Å². The van der Waals surface area contributed by atoms with Crippen LogP contribution < -0.4 is 5.32 Å². The first-order chi connectivity index (χ1) is 10.6. The summed E-state index contributed by atoms with van der Waals surface area (Å²) in [4.78, 5) is 2.55. The minimum Gasteiger partial charge on any atom is -0.508 e. The van der Waals surface area contributed by atoms with Gasteiger partial charge < -0.3 is 10.4 Å². The van der Waals surface area contributed by atoms with Crippen molar-refractivity contribution in [2.24, 2.45) is 0 Å². The topological polar surface area (TPSA) is 35.5 Å². The van der Waals surface area contributed by atoms with Gasteiger partial charge in [0, 0.05) is 32.2 Å². The van der Waals surface area contributed by atoms with Crippen molar-refractivity contribution in [3.05, 3.63) is 54.1 Å². The molecule has 0 saturated carbocycles. The molecule has 1 atom stereocenters. The van der Waals surface area contributed by atoms with Gasteiger partial charge in [-0.2, -0.15) is 0 Å². The zero-order valence-corrected chi connectivity index (χ0v) is 13.2. The predicted octanol–water partition coefficient (Wildman–Crippen LogP) is 3.46. The molecule has 0 bridgehead atoms. The molecule has 22 heavy (non-hydrogen) atoms. The van der Waals surface area contributed by atoms with Crippen LogP contribution in [0.5, 0.6) is 5.75 Å². The minimum atomic E-state index is 0.320. The minimum absolute atomic E-state index is 0.320. The van der Waals surface area contributed by atoms with E-state index in [1.165, 1.54) is 16.5 Å². The quantitative estimate of drug-likeness (QED) is 0.848. The van der Waals surface area contributed by atoms with Gasteiger partial charge in [-0.1, -0.05) is 23.8 Å². The number of benzene rings is 2. The second kappa shape index (κ2) is 6.51. The van der Waals surface area contributed by atoms with Crippen LogP contribution >= 0.6 is 0 Å². The second-order valence-corrected chi connectivity index (χ2v) is 6.25. The molecule has 2 aromatic rings. The van der Waals surface area contributed by atoms with Crippen molar-refractivity contribution >= 4 is 10.8 Å². The maximum absolute atomic E-state index is 9.60. The van der Waals surface area contributed by atoms with Crippen LogP contribution in [0.25, 0.3) is 10.8 Å². The second-order valence-electron chi connectivity index (χ2n) is 6.25. The molecule has 1 aliphatic heterocycles. The first kappa shape index (κ1) is 15.1. The third-order valence-electron chi connectivity index (χ3n) is 4.37. The average molecular weight is 296 g/mol. The van der Waals surface area contributed by atoms with Crippen molar-refractivity contribution in [3.8, 4) is 5.75 Å². The summed E-state index contributed by atoms with van der Waals surface area (Å²) in [5.74, 6) is 0.320. The van der Waals surface area contributed by atoms with Crippen LogP contribution in [0.1, 0.15) is 24.9 Å². The summed E-state index contributed by atoms with van der Waals surface area (Å²) in [6.45, 7) is 10.5. The maximum atomic E-state index is 9.60. The van der Waals surface area contributed by atoms with Crippen LogP contribution in [0, 0.1) is 0 Å². The van der Waals surface area contributed by atoms with Crippen LogP contribution in [0.4, 0.5) is 0 Å². The van der Waals surface area contributed by atoms with Gasteiger partial charge in [-0.3, -0.25) is 4.90 Å². The number of nitrogens with zero attached hydrogens (tertiary/aromatic N) is 1. The molecular formula is C19H24N2O. The Bertz CT molecular complexity index is 674. The third kappa shape index (κ3) is 3.32. The summed E-state index contributed by atoms with van der Waals surface area (Å²) in [6, 6.07) is 12.5. The Morgan fingerprint density at radius 1 is 1.18 bits per heavy atom. The lowest BCUT2D eigenvalue weighted by Crippen LogP contribution is -2.45. The molecule has 0 spiro atoms. The Balaban J connectivity index is 1.95. The summed E-state index contributed by atoms with van der Waals surface area (Å²) in [6.07, 6.45) is 0.990. The molecule has 3 nitrogen and oxygen atoms in total. The first-order valence-corrected chi connectivity index (χ1v) is 7.95. The maximum Gasteiger partial charge on any atom is 0.116 e. The molecule has 3 rings (SSSR count). The lowest BCUT2D eigenvalue weighted by Gasteiger charge is -2.35. The summed E-state index contributed by atoms with van der Waals surface area (Å²) in [5, 5.41) is 15.3. The van der Waals surface area contributed by atoms with Gasteiger partial charge in [0.2, 0.25) is 0 Å². The molecular weight excluding hydrogens is 272 g/mol. The van der Waals surface area contributed by atoms with E-state index in [4.69, 9.17) is 0 Å². The Morgan fingerprint density at radius 2 is 1.86 bits per heavy atom. The van der Waals surface area contributed by atoms with E-state index >= 15 is 0 Å². The number of hydrogen-bond donors (Lipinski definition) is 2. The number of fused-ring (bicyclic) bond motifs is 1. The van der Waals surface area contributed by atoms with Gasteiger partial charge in [-0.25, -0.2) is 0 Å². The number of phenolic OH excluding ortho intramolecular Hbond substituents is 1. The van der Waals surface area contributed by atoms with Gasteiger partial charge in [0.25, 0.3) is 0 Å². The van der Waals surface area contributed by atoms with E-state index in [9.17, 15) is 5.11 Å². The fourth-order valence-corrected chi connectivity index (χ4v) is 3.24. The predicted molar refractivity (Wildman–Crippen MR) is 92.2 cm³/mol. The van der Waals surface area contributed by atoms with Crippen LogP contribution in [0.3, 0.4) is 0 Å². The Morgan fingerprint density at radius 3 is 2.59 bits per heavy atom. The summed E-state index contributed by atoms with van der Waals surface area (Å²) >= 11 is 0. The van der Waals surface area contributed by atoms with E-state index in [0.717, 1.165) is 38.0 Å². The van der Waals surface area contributed by atoms with Crippen molar-refractivity contribution in [1.29, 1.82) is 0 Å². The Hall–Kier alpha value is -1.84. The molecule has 0 aliphatic carbocycles. The molecule has 0 radical (unpaired) electrons. The van der Waals surface area contributed by atoms with E-state index in [2.05, 4.69) is 41.9 Å². The zero-order chi connectivity index (χ0) is 15.5. The number of nitrogens with one attached hydrogen (secondary N) is 1. The van der Waals surface area contributed by atoms with Crippen LogP contribution in [-0.2, 0) is 0 Å². The Labute approximate surface area is 132 Å². The summed E-state index contributed by atoms with van der Waals surface area (Å²) in [5.41, 5.74) is 2.55. The highest BCUT2D eigenvalue weighted by Gasteiger charge is 2.22. The van der Waals surface area contributed by atoms with E-state index in [1.54, 1.807) is 6.07 Å². The first-order valence-electron chi connectivity index (χ1n) is 7.95. The van der Waals surface area contributed by atoms with Crippen LogP contribution in [0.15, 0.2) is 48.6 Å². The fraction of sp³-hybridized carbons (Fsp3) is 0.368. The average Bonchev–Trinajstić information content (AvgIpc) is 2.53. The molecule has 1 saturated heterocycles. The highest BCUT2D eigenvalue weighted by molar-refractivity contribution is 5.84. The van der Waals surface area contributed by atoms with Crippen molar-refractivity contribution < 1.29 is 5.11 Å². The van der Waals surface area contributed by atoms with E-state index in [-0.39, 0.29) is 0 Å². The van der Waals surface area contributed by atoms with Gasteiger partial charge >= 0.3 is 0 Å². The third-order valence-corrected chi connectivity index (χ3v) is 4.37. The molecule has 116 valence electrons. The van der Waals surface area contributed by atoms with E-state index in [1.807, 2.05) is 12.1 Å². The molecule has 1 fully saturated rings. The van der Waals surface area contributed by atoms with E-state index in [0.29, 0.717) is 11.8 Å². The molecule has 0 amide bonds. The number of rotatable bonds is 4. The van der Waals surface area contributed by atoms with Crippen molar-refractivity contribution in [2.75, 3.05) is 26.2 Å². The highest BCUT2D eigenvalue weighted by Crippen LogP contribution is 2.30. The molecule has 2 aromatic carbocycles. The summed E-state index contributed by atoms with van der Waals surface area (Å²) in [7, 11) is 0. The van der Waals surface area contributed by atoms with Gasteiger partial charge in [0.15, 0.2) is 0 Å². The SMILES string of the molecule is C=C(C)C[C@@H](c1ccc2cc(O)ccc2c1)N1CCNCC1. The van der Waals surface area contributed by atoms with Gasteiger partial charge in [-0.05, 0) is 47.9 Å². The molecule has 3 heteroatoms. The van der Waals surface area contributed by atoms with Crippen LogP contribution in [-0.4, -0.2) is 36.2 Å².